The molecule has 1 heterocycles. The van der Waals surface area contributed by atoms with Gasteiger partial charge in [-0.05, 0) is 30.4 Å². The average Bonchev–Trinajstić information content (AvgIpc) is 2.55. The molecule has 6 heteroatoms. The zero-order valence-electron chi connectivity index (χ0n) is 13.4. The van der Waals surface area contributed by atoms with Gasteiger partial charge >= 0.3 is 12.1 Å². The number of fused-ring (bicyclic) bond motifs is 1. The van der Waals surface area contributed by atoms with Gasteiger partial charge in [0.25, 0.3) is 0 Å². The lowest BCUT2D eigenvalue weighted by atomic mass is 9.83. The number of urea groups is 1. The highest BCUT2D eigenvalue weighted by molar-refractivity contribution is 5.75. The van der Waals surface area contributed by atoms with Gasteiger partial charge in [0.2, 0.25) is 0 Å². The largest absolute Gasteiger partial charge is 0.453 e. The number of nitrogens with zero attached hydrogens (tertiary/aromatic N) is 1. The Hall–Kier alpha value is -2.24. The molecule has 1 aliphatic heterocycles. The fourth-order valence-corrected chi connectivity index (χ4v) is 3.37. The Kier molecular flexibility index (Phi) is 4.69. The van der Waals surface area contributed by atoms with Gasteiger partial charge in [-0.1, -0.05) is 24.3 Å². The lowest BCUT2D eigenvalue weighted by Crippen LogP contribution is -2.62. The van der Waals surface area contributed by atoms with Crippen LogP contribution in [0.3, 0.4) is 0 Å². The second-order valence-electron chi connectivity index (χ2n) is 6.21. The molecular weight excluding hydrogens is 294 g/mol. The van der Waals surface area contributed by atoms with Crippen molar-refractivity contribution in [3.63, 3.8) is 0 Å². The second kappa shape index (κ2) is 6.89. The van der Waals surface area contributed by atoms with E-state index in [1.165, 1.54) is 24.7 Å². The number of amides is 3. The maximum absolute atomic E-state index is 12.0. The summed E-state index contributed by atoms with van der Waals surface area (Å²) in [6.07, 6.45) is 3.06. The third-order valence-corrected chi connectivity index (χ3v) is 4.65. The minimum Gasteiger partial charge on any atom is -0.453 e. The SMILES string of the molecule is COC(=O)N1CC(NC(=O)NCC2CCCc3ccccc32)C1. The van der Waals surface area contributed by atoms with Crippen molar-refractivity contribution in [3.8, 4) is 0 Å². The van der Waals surface area contributed by atoms with Crippen LogP contribution in [-0.4, -0.2) is 49.8 Å². The summed E-state index contributed by atoms with van der Waals surface area (Å²) in [5, 5.41) is 5.86. The molecule has 1 saturated heterocycles. The molecule has 1 unspecified atom stereocenters. The molecule has 1 aromatic rings. The Labute approximate surface area is 136 Å². The predicted molar refractivity (Wildman–Crippen MR) is 86.4 cm³/mol. The van der Waals surface area contributed by atoms with Gasteiger partial charge in [0, 0.05) is 25.6 Å². The van der Waals surface area contributed by atoms with Crippen molar-refractivity contribution in [3.05, 3.63) is 35.4 Å². The highest BCUT2D eigenvalue weighted by atomic mass is 16.5. The molecule has 0 bridgehead atoms. The van der Waals surface area contributed by atoms with Crippen molar-refractivity contribution >= 4 is 12.1 Å². The third-order valence-electron chi connectivity index (χ3n) is 4.65. The number of rotatable bonds is 3. The van der Waals surface area contributed by atoms with Crippen LogP contribution >= 0.6 is 0 Å². The second-order valence-corrected chi connectivity index (χ2v) is 6.21. The summed E-state index contributed by atoms with van der Waals surface area (Å²) in [5.41, 5.74) is 2.76. The number of hydrogen-bond donors (Lipinski definition) is 2. The van der Waals surface area contributed by atoms with Crippen LogP contribution in [0.2, 0.25) is 0 Å². The van der Waals surface area contributed by atoms with Gasteiger partial charge in [-0.2, -0.15) is 0 Å². The van der Waals surface area contributed by atoms with Crippen molar-refractivity contribution < 1.29 is 14.3 Å². The molecule has 1 fully saturated rings. The number of nitrogens with one attached hydrogen (secondary N) is 2. The van der Waals surface area contributed by atoms with E-state index in [-0.39, 0.29) is 18.2 Å². The molecule has 3 amide bonds. The molecule has 0 aromatic heterocycles. The first-order valence-corrected chi connectivity index (χ1v) is 8.12. The maximum Gasteiger partial charge on any atom is 0.409 e. The van der Waals surface area contributed by atoms with E-state index in [2.05, 4.69) is 39.6 Å². The first-order valence-electron chi connectivity index (χ1n) is 8.12. The lowest BCUT2D eigenvalue weighted by Gasteiger charge is -2.38. The number of ether oxygens (including phenoxy) is 1. The summed E-state index contributed by atoms with van der Waals surface area (Å²) in [6.45, 7) is 1.66. The topological polar surface area (TPSA) is 70.7 Å². The molecule has 6 nitrogen and oxygen atoms in total. The fourth-order valence-electron chi connectivity index (χ4n) is 3.37. The number of carbonyl (C=O) groups excluding carboxylic acids is 2. The first kappa shape index (κ1) is 15.6. The zero-order chi connectivity index (χ0) is 16.2. The minimum absolute atomic E-state index is 0.00717. The third kappa shape index (κ3) is 3.57. The molecule has 1 aromatic carbocycles. The summed E-state index contributed by atoms with van der Waals surface area (Å²) in [4.78, 5) is 24.8. The van der Waals surface area contributed by atoms with Crippen molar-refractivity contribution in [2.75, 3.05) is 26.7 Å². The first-order chi connectivity index (χ1) is 11.2. The van der Waals surface area contributed by atoms with Gasteiger partial charge in [-0.3, -0.25) is 0 Å². The molecule has 2 aliphatic rings. The van der Waals surface area contributed by atoms with Crippen molar-refractivity contribution in [1.82, 2.24) is 15.5 Å². The molecule has 2 N–H and O–H groups in total. The maximum atomic E-state index is 12.0. The van der Waals surface area contributed by atoms with E-state index in [0.717, 1.165) is 12.8 Å². The molecule has 124 valence electrons. The van der Waals surface area contributed by atoms with Gasteiger partial charge in [0.05, 0.1) is 13.2 Å². The van der Waals surface area contributed by atoms with Crippen molar-refractivity contribution in [1.29, 1.82) is 0 Å². The highest BCUT2D eigenvalue weighted by Gasteiger charge is 2.32. The van der Waals surface area contributed by atoms with Gasteiger partial charge in [0.1, 0.15) is 0 Å². The Morgan fingerprint density at radius 2 is 2.09 bits per heavy atom. The average molecular weight is 317 g/mol. The van der Waals surface area contributed by atoms with Crippen LogP contribution in [-0.2, 0) is 11.2 Å². The summed E-state index contributed by atoms with van der Waals surface area (Å²) in [6, 6.07) is 8.32. The van der Waals surface area contributed by atoms with Crippen LogP contribution in [0.15, 0.2) is 24.3 Å². The predicted octanol–water partition coefficient (Wildman–Crippen LogP) is 1.86. The summed E-state index contributed by atoms with van der Waals surface area (Å²) < 4.78 is 4.63. The van der Waals surface area contributed by atoms with E-state index < -0.39 is 0 Å². The number of benzene rings is 1. The van der Waals surface area contributed by atoms with Crippen LogP contribution in [0.1, 0.15) is 29.9 Å². The van der Waals surface area contributed by atoms with Gasteiger partial charge < -0.3 is 20.3 Å². The van der Waals surface area contributed by atoms with E-state index in [4.69, 9.17) is 0 Å². The van der Waals surface area contributed by atoms with E-state index >= 15 is 0 Å². The number of carbonyl (C=O) groups is 2. The van der Waals surface area contributed by atoms with E-state index in [0.29, 0.717) is 25.6 Å². The monoisotopic (exact) mass is 317 g/mol. The quantitative estimate of drug-likeness (QED) is 0.894. The number of likely N-dealkylation sites (tertiary alicyclic amines) is 1. The number of hydrogen-bond acceptors (Lipinski definition) is 3. The Bertz CT molecular complexity index is 584. The van der Waals surface area contributed by atoms with E-state index in [1.807, 2.05) is 0 Å². The highest BCUT2D eigenvalue weighted by Crippen LogP contribution is 2.30. The van der Waals surface area contributed by atoms with Crippen LogP contribution in [0, 0.1) is 0 Å². The fraction of sp³-hybridized carbons (Fsp3) is 0.529. The zero-order valence-corrected chi connectivity index (χ0v) is 13.4. The van der Waals surface area contributed by atoms with Gasteiger partial charge in [0.15, 0.2) is 0 Å². The minimum atomic E-state index is -0.345. The summed E-state index contributed by atoms with van der Waals surface area (Å²) >= 11 is 0. The standard InChI is InChI=1S/C17H23N3O3/c1-23-17(22)20-10-14(11-20)19-16(21)18-9-13-7-4-6-12-5-2-3-8-15(12)13/h2-3,5,8,13-14H,4,6-7,9-11H2,1H3,(H2,18,19,21). The molecule has 0 spiro atoms. The number of aryl methyl sites for hydroxylation is 1. The smallest absolute Gasteiger partial charge is 0.409 e. The molecule has 3 rings (SSSR count). The molecule has 23 heavy (non-hydrogen) atoms. The van der Waals surface area contributed by atoms with Gasteiger partial charge in [-0.15, -0.1) is 0 Å². The molecule has 0 saturated carbocycles. The molecule has 1 atom stereocenters. The Morgan fingerprint density at radius 1 is 1.30 bits per heavy atom. The Balaban J connectivity index is 1.43. The van der Waals surface area contributed by atoms with Gasteiger partial charge in [-0.25, -0.2) is 9.59 Å². The van der Waals surface area contributed by atoms with Crippen molar-refractivity contribution in [2.45, 2.75) is 31.2 Å². The molecule has 0 radical (unpaired) electrons. The summed E-state index contributed by atoms with van der Waals surface area (Å²) in [5.74, 6) is 0.388. The molecule has 1 aliphatic carbocycles. The Morgan fingerprint density at radius 3 is 2.87 bits per heavy atom. The van der Waals surface area contributed by atoms with Crippen LogP contribution in [0.25, 0.3) is 0 Å². The van der Waals surface area contributed by atoms with Crippen LogP contribution in [0.4, 0.5) is 9.59 Å². The van der Waals surface area contributed by atoms with E-state index in [1.54, 1.807) is 4.90 Å². The summed E-state index contributed by atoms with van der Waals surface area (Å²) in [7, 11) is 1.36. The van der Waals surface area contributed by atoms with Crippen LogP contribution in [0.5, 0.6) is 0 Å². The lowest BCUT2D eigenvalue weighted by molar-refractivity contribution is 0.0822. The normalized spacial score (nSPS) is 20.2. The van der Waals surface area contributed by atoms with E-state index in [9.17, 15) is 9.59 Å². The van der Waals surface area contributed by atoms with Crippen LogP contribution < -0.4 is 10.6 Å². The molecular formula is C17H23N3O3. The van der Waals surface area contributed by atoms with Crippen molar-refractivity contribution in [2.24, 2.45) is 0 Å². The number of methoxy groups -OCH3 is 1.